The van der Waals surface area contributed by atoms with Gasteiger partial charge in [0.2, 0.25) is 0 Å². The minimum absolute atomic E-state index is 0.0190. The summed E-state index contributed by atoms with van der Waals surface area (Å²) in [6.45, 7) is 0.531. The van der Waals surface area contributed by atoms with Crippen molar-refractivity contribution in [3.8, 4) is 11.8 Å². The molecule has 1 aromatic heterocycles. The molecular weight excluding hydrogens is 425 g/mol. The van der Waals surface area contributed by atoms with E-state index in [4.69, 9.17) is 21.6 Å². The topological polar surface area (TPSA) is 124 Å². The molecule has 2 heterocycles. The largest absolute Gasteiger partial charge is 0.486 e. The van der Waals surface area contributed by atoms with Crippen LogP contribution in [0.5, 0.6) is 5.75 Å². The predicted molar refractivity (Wildman–Crippen MR) is 100 cm³/mol. The van der Waals surface area contributed by atoms with Gasteiger partial charge in [-0.05, 0) is 31.2 Å². The molecule has 8 nitrogen and oxygen atoms in total. The van der Waals surface area contributed by atoms with Gasteiger partial charge in [-0.25, -0.2) is 17.8 Å². The van der Waals surface area contributed by atoms with Crippen molar-refractivity contribution >= 4 is 21.6 Å². The molecule has 2 aromatic rings. The lowest BCUT2D eigenvalue weighted by molar-refractivity contribution is -0.104. The van der Waals surface area contributed by atoms with Crippen LogP contribution < -0.4 is 4.74 Å². The first kappa shape index (κ1) is 21.4. The molecule has 0 aliphatic carbocycles. The number of benzene rings is 1. The van der Waals surface area contributed by atoms with Crippen molar-refractivity contribution in [2.24, 2.45) is 0 Å². The average Bonchev–Trinajstić information content (AvgIpc) is 3.01. The normalized spacial score (nSPS) is 23.5. The first-order valence-corrected chi connectivity index (χ1v) is 10.3. The minimum atomic E-state index is -4.11. The van der Waals surface area contributed by atoms with E-state index in [-0.39, 0.29) is 27.9 Å². The standard InChI is InChI=1S/C18H17ClFN3O5S/c1-11(24)18(25)10-23(29(26,27)17-5-3-13(19)8-22-17)9-16(18)28-14-4-2-12(7-21)15(20)6-14/h2-6,8,11,16,24-25H,9-10H2,1H3/t11-,16-,18+/m0/s1. The summed E-state index contributed by atoms with van der Waals surface area (Å²) in [6.07, 6.45) is -1.37. The van der Waals surface area contributed by atoms with E-state index in [0.29, 0.717) is 0 Å². The van der Waals surface area contributed by atoms with Crippen LogP contribution in [-0.2, 0) is 10.0 Å². The summed E-state index contributed by atoms with van der Waals surface area (Å²) >= 11 is 5.74. The Hall–Kier alpha value is -2.29. The van der Waals surface area contributed by atoms with E-state index in [0.717, 1.165) is 10.4 Å². The Bertz CT molecular complexity index is 1060. The third-order valence-electron chi connectivity index (χ3n) is 4.72. The van der Waals surface area contributed by atoms with E-state index in [9.17, 15) is 23.0 Å². The van der Waals surface area contributed by atoms with E-state index >= 15 is 0 Å². The summed E-state index contributed by atoms with van der Waals surface area (Å²) in [5.41, 5.74) is -2.14. The highest BCUT2D eigenvalue weighted by atomic mass is 35.5. The van der Waals surface area contributed by atoms with Crippen LogP contribution in [0, 0.1) is 17.1 Å². The number of nitrogens with zero attached hydrogens (tertiary/aromatic N) is 3. The number of hydrogen-bond donors (Lipinski definition) is 2. The van der Waals surface area contributed by atoms with Crippen molar-refractivity contribution in [2.75, 3.05) is 13.1 Å². The van der Waals surface area contributed by atoms with E-state index in [2.05, 4.69) is 4.98 Å². The number of hydrogen-bond acceptors (Lipinski definition) is 7. The summed E-state index contributed by atoms with van der Waals surface area (Å²) in [5, 5.41) is 29.8. The van der Waals surface area contributed by atoms with Crippen molar-refractivity contribution in [1.29, 1.82) is 5.26 Å². The lowest BCUT2D eigenvalue weighted by Gasteiger charge is -2.31. The Morgan fingerprint density at radius 3 is 2.72 bits per heavy atom. The average molecular weight is 442 g/mol. The van der Waals surface area contributed by atoms with E-state index in [1.54, 1.807) is 6.07 Å². The maximum absolute atomic E-state index is 13.9. The number of sulfonamides is 1. The molecule has 3 rings (SSSR count). The number of ether oxygens (including phenoxy) is 1. The van der Waals surface area contributed by atoms with Crippen LogP contribution in [0.4, 0.5) is 4.39 Å². The molecule has 3 atom stereocenters. The predicted octanol–water partition coefficient (Wildman–Crippen LogP) is 1.31. The van der Waals surface area contributed by atoms with Crippen LogP contribution in [0.25, 0.3) is 0 Å². The van der Waals surface area contributed by atoms with E-state index in [1.165, 1.54) is 37.4 Å². The van der Waals surface area contributed by atoms with Gasteiger partial charge >= 0.3 is 0 Å². The number of β-amino-alcohol motifs (C(OH)–C–C–N with tert-alkyl or cyclic N) is 1. The Balaban J connectivity index is 1.90. The third kappa shape index (κ3) is 4.05. The summed E-state index contributed by atoms with van der Waals surface area (Å²) in [5.74, 6) is -0.840. The zero-order valence-corrected chi connectivity index (χ0v) is 16.7. The van der Waals surface area contributed by atoms with Crippen molar-refractivity contribution in [3.05, 3.63) is 52.9 Å². The van der Waals surface area contributed by atoms with Crippen molar-refractivity contribution in [3.63, 3.8) is 0 Å². The molecule has 1 aliphatic heterocycles. The van der Waals surface area contributed by atoms with Gasteiger partial charge < -0.3 is 14.9 Å². The number of aliphatic hydroxyl groups is 2. The van der Waals surface area contributed by atoms with Gasteiger partial charge in [-0.2, -0.15) is 9.57 Å². The first-order chi connectivity index (χ1) is 13.6. The zero-order chi connectivity index (χ0) is 21.4. The van der Waals surface area contributed by atoms with Crippen LogP contribution in [0.15, 0.2) is 41.6 Å². The van der Waals surface area contributed by atoms with Crippen molar-refractivity contribution in [2.45, 2.75) is 29.8 Å². The van der Waals surface area contributed by atoms with Gasteiger partial charge in [0.25, 0.3) is 10.0 Å². The van der Waals surface area contributed by atoms with Crippen molar-refractivity contribution < 1.29 is 27.8 Å². The number of rotatable bonds is 5. The van der Waals surface area contributed by atoms with Gasteiger partial charge in [0.05, 0.1) is 23.2 Å². The second-order valence-electron chi connectivity index (χ2n) is 6.64. The van der Waals surface area contributed by atoms with Crippen LogP contribution >= 0.6 is 11.6 Å². The smallest absolute Gasteiger partial charge is 0.260 e. The maximum atomic E-state index is 13.9. The van der Waals surface area contributed by atoms with Gasteiger partial charge in [0.15, 0.2) is 5.03 Å². The lowest BCUT2D eigenvalue weighted by Crippen LogP contribution is -2.53. The maximum Gasteiger partial charge on any atom is 0.260 e. The number of halogens is 2. The molecule has 1 saturated heterocycles. The van der Waals surface area contributed by atoms with Crippen LogP contribution in [0.3, 0.4) is 0 Å². The Morgan fingerprint density at radius 2 is 2.17 bits per heavy atom. The molecule has 0 saturated carbocycles. The fraction of sp³-hybridized carbons (Fsp3) is 0.333. The summed E-state index contributed by atoms with van der Waals surface area (Å²) in [7, 11) is -4.11. The van der Waals surface area contributed by atoms with E-state index < -0.39 is 40.2 Å². The quantitative estimate of drug-likeness (QED) is 0.716. The summed E-state index contributed by atoms with van der Waals surface area (Å²) < 4.78 is 46.1. The van der Waals surface area contributed by atoms with Gasteiger partial charge in [0, 0.05) is 18.8 Å². The van der Waals surface area contributed by atoms with Gasteiger partial charge in [-0.1, -0.05) is 11.6 Å². The highest BCUT2D eigenvalue weighted by Crippen LogP contribution is 2.33. The van der Waals surface area contributed by atoms with Gasteiger partial charge in [0.1, 0.15) is 29.3 Å². The number of nitriles is 1. The molecule has 0 unspecified atom stereocenters. The van der Waals surface area contributed by atoms with Crippen LogP contribution in [-0.4, -0.2) is 58.8 Å². The molecule has 29 heavy (non-hydrogen) atoms. The highest BCUT2D eigenvalue weighted by Gasteiger charge is 2.54. The lowest BCUT2D eigenvalue weighted by atomic mass is 9.94. The third-order valence-corrected chi connectivity index (χ3v) is 6.68. The Labute approximate surface area is 171 Å². The molecular formula is C18H17ClFN3O5S. The molecule has 0 spiro atoms. The number of pyridine rings is 1. The molecule has 1 fully saturated rings. The first-order valence-electron chi connectivity index (χ1n) is 8.46. The fourth-order valence-electron chi connectivity index (χ4n) is 2.99. The van der Waals surface area contributed by atoms with Gasteiger partial charge in [-0.15, -0.1) is 0 Å². The second kappa shape index (κ2) is 7.85. The monoisotopic (exact) mass is 441 g/mol. The molecule has 11 heteroatoms. The molecule has 154 valence electrons. The zero-order valence-electron chi connectivity index (χ0n) is 15.2. The van der Waals surface area contributed by atoms with Gasteiger partial charge in [-0.3, -0.25) is 0 Å². The second-order valence-corrected chi connectivity index (χ2v) is 8.96. The SMILES string of the molecule is C[C@H](O)[C@]1(O)CN(S(=O)(=O)c2ccc(Cl)cn2)C[C@@H]1Oc1ccc(C#N)c(F)c1. The molecule has 0 bridgehead atoms. The molecule has 0 amide bonds. The van der Waals surface area contributed by atoms with Crippen LogP contribution in [0.1, 0.15) is 12.5 Å². The number of aromatic nitrogens is 1. The fourth-order valence-corrected chi connectivity index (χ4v) is 4.50. The molecule has 2 N–H and O–H groups in total. The van der Waals surface area contributed by atoms with Crippen molar-refractivity contribution in [1.82, 2.24) is 9.29 Å². The minimum Gasteiger partial charge on any atom is -0.486 e. The summed E-state index contributed by atoms with van der Waals surface area (Å²) in [4.78, 5) is 3.80. The molecule has 1 aromatic carbocycles. The Morgan fingerprint density at radius 1 is 1.45 bits per heavy atom. The highest BCUT2D eigenvalue weighted by molar-refractivity contribution is 7.89. The van der Waals surface area contributed by atoms with Crippen LogP contribution in [0.2, 0.25) is 5.02 Å². The number of aliphatic hydroxyl groups excluding tert-OH is 1. The molecule has 1 aliphatic rings. The van der Waals surface area contributed by atoms with E-state index in [1.807, 2.05) is 0 Å². The molecule has 0 radical (unpaired) electrons. The Kier molecular flexibility index (Phi) is 5.80. The summed E-state index contributed by atoms with van der Waals surface area (Å²) in [6, 6.07) is 7.75.